The van der Waals surface area contributed by atoms with E-state index in [1.54, 1.807) is 0 Å². The minimum atomic E-state index is -0.209. The fourth-order valence-corrected chi connectivity index (χ4v) is 6.72. The highest BCUT2D eigenvalue weighted by atomic mass is 32.2. The zero-order valence-electron chi connectivity index (χ0n) is 14.7. The average molecular weight is 381 g/mol. The molecule has 0 aromatic carbocycles. The molecule has 1 aromatic rings. The van der Waals surface area contributed by atoms with Gasteiger partial charge in [-0.3, -0.25) is 9.80 Å². The molecule has 4 heterocycles. The molecule has 0 saturated carbocycles. The van der Waals surface area contributed by atoms with Crippen molar-refractivity contribution in [2.45, 2.75) is 18.2 Å². The van der Waals surface area contributed by atoms with Crippen molar-refractivity contribution in [3.05, 3.63) is 24.4 Å². The molecular formula is C18H28N4OS2. The molecule has 1 N–H and O–H groups in total. The summed E-state index contributed by atoms with van der Waals surface area (Å²) in [4.78, 5) is 11.9. The molecule has 25 heavy (non-hydrogen) atoms. The Balaban J connectivity index is 1.32. The number of aliphatic hydroxyl groups is 1. The number of anilines is 1. The van der Waals surface area contributed by atoms with Crippen molar-refractivity contribution in [2.75, 3.05) is 67.2 Å². The summed E-state index contributed by atoms with van der Waals surface area (Å²) < 4.78 is 0. The van der Waals surface area contributed by atoms with Crippen LogP contribution in [0.15, 0.2) is 24.4 Å². The van der Waals surface area contributed by atoms with Crippen LogP contribution in [0.3, 0.4) is 0 Å². The number of rotatable bonds is 3. The smallest absolute Gasteiger partial charge is 0.128 e. The summed E-state index contributed by atoms with van der Waals surface area (Å²) in [6.07, 6.45) is 1.66. The molecule has 2 atom stereocenters. The highest BCUT2D eigenvalue weighted by Crippen LogP contribution is 2.26. The second kappa shape index (κ2) is 8.48. The molecule has 1 aromatic heterocycles. The maximum atomic E-state index is 10.7. The molecule has 3 aliphatic heterocycles. The number of hydrogen-bond acceptors (Lipinski definition) is 7. The van der Waals surface area contributed by atoms with Crippen LogP contribution in [0.25, 0.3) is 0 Å². The van der Waals surface area contributed by atoms with E-state index < -0.39 is 0 Å². The molecule has 0 amide bonds. The van der Waals surface area contributed by atoms with Crippen molar-refractivity contribution < 1.29 is 5.11 Å². The highest BCUT2D eigenvalue weighted by molar-refractivity contribution is 8.03. The first-order valence-corrected chi connectivity index (χ1v) is 11.6. The summed E-state index contributed by atoms with van der Waals surface area (Å²) in [5.74, 6) is 6.07. The Bertz CT molecular complexity index is 533. The third kappa shape index (κ3) is 4.27. The summed E-state index contributed by atoms with van der Waals surface area (Å²) in [5.41, 5.74) is 0. The van der Waals surface area contributed by atoms with Crippen LogP contribution in [-0.2, 0) is 0 Å². The van der Waals surface area contributed by atoms with E-state index in [1.807, 2.05) is 12.3 Å². The van der Waals surface area contributed by atoms with Gasteiger partial charge in [0.2, 0.25) is 0 Å². The van der Waals surface area contributed by atoms with E-state index in [-0.39, 0.29) is 6.10 Å². The zero-order valence-corrected chi connectivity index (χ0v) is 16.3. The number of likely N-dealkylation sites (tertiary alicyclic amines) is 1. The topological polar surface area (TPSA) is 42.8 Å². The molecule has 4 rings (SSSR count). The van der Waals surface area contributed by atoms with Crippen LogP contribution in [0.1, 0.15) is 0 Å². The third-order valence-electron chi connectivity index (χ3n) is 5.55. The molecule has 3 fully saturated rings. The summed E-state index contributed by atoms with van der Waals surface area (Å²) >= 11 is 4.15. The molecular weight excluding hydrogens is 352 g/mol. The predicted molar refractivity (Wildman–Crippen MR) is 108 cm³/mol. The van der Waals surface area contributed by atoms with E-state index in [1.165, 1.54) is 23.0 Å². The lowest BCUT2D eigenvalue weighted by Crippen LogP contribution is -2.54. The van der Waals surface area contributed by atoms with E-state index in [0.29, 0.717) is 12.1 Å². The number of aromatic nitrogens is 1. The largest absolute Gasteiger partial charge is 0.390 e. The van der Waals surface area contributed by atoms with Crippen molar-refractivity contribution >= 4 is 29.3 Å². The van der Waals surface area contributed by atoms with Crippen molar-refractivity contribution in [3.63, 3.8) is 0 Å². The minimum absolute atomic E-state index is 0.209. The van der Waals surface area contributed by atoms with Gasteiger partial charge in [-0.25, -0.2) is 4.98 Å². The number of aliphatic hydroxyl groups excluding tert-OH is 1. The van der Waals surface area contributed by atoms with Crippen LogP contribution < -0.4 is 4.90 Å². The Hall–Kier alpha value is -0.470. The van der Waals surface area contributed by atoms with Crippen LogP contribution in [0.2, 0.25) is 0 Å². The van der Waals surface area contributed by atoms with E-state index >= 15 is 0 Å². The first-order chi connectivity index (χ1) is 12.3. The summed E-state index contributed by atoms with van der Waals surface area (Å²) in [6.45, 7) is 5.89. The quantitative estimate of drug-likeness (QED) is 0.842. The number of β-amino-alcohol motifs (C(OH)–C–C–N with tert-alkyl or cyclic N) is 1. The molecule has 0 bridgehead atoms. The maximum absolute atomic E-state index is 10.7. The molecule has 5 nitrogen and oxygen atoms in total. The number of thioether (sulfide) groups is 2. The standard InChI is InChI=1S/C18H28N4OS2/c23-17-12-22(15-13-24-9-10-25-14-15)11-16(17)20-5-7-21(8-6-20)18-3-1-2-4-19-18/h1-4,15-17,23H,5-14H2/t16-,17-/m0/s1. The summed E-state index contributed by atoms with van der Waals surface area (Å²) in [5, 5.41) is 10.7. The Kier molecular flexibility index (Phi) is 6.08. The van der Waals surface area contributed by atoms with E-state index in [4.69, 9.17) is 0 Å². The van der Waals surface area contributed by atoms with E-state index in [0.717, 1.165) is 45.1 Å². The monoisotopic (exact) mass is 380 g/mol. The summed E-state index contributed by atoms with van der Waals surface area (Å²) in [7, 11) is 0. The second-order valence-electron chi connectivity index (χ2n) is 7.10. The molecule has 0 unspecified atom stereocenters. The lowest BCUT2D eigenvalue weighted by atomic mass is 10.1. The van der Waals surface area contributed by atoms with Crippen molar-refractivity contribution in [1.29, 1.82) is 0 Å². The van der Waals surface area contributed by atoms with Gasteiger partial charge in [0, 0.05) is 80.6 Å². The molecule has 0 spiro atoms. The van der Waals surface area contributed by atoms with Gasteiger partial charge >= 0.3 is 0 Å². The summed E-state index contributed by atoms with van der Waals surface area (Å²) in [6, 6.07) is 7.03. The van der Waals surface area contributed by atoms with E-state index in [2.05, 4.69) is 55.3 Å². The lowest BCUT2D eigenvalue weighted by molar-refractivity contribution is 0.0789. The molecule has 3 aliphatic rings. The average Bonchev–Trinajstić information content (AvgIpc) is 2.86. The molecule has 138 valence electrons. The fourth-order valence-electron chi connectivity index (χ4n) is 4.09. The predicted octanol–water partition coefficient (Wildman–Crippen LogP) is 1.10. The first-order valence-electron chi connectivity index (χ1n) is 9.29. The van der Waals surface area contributed by atoms with E-state index in [9.17, 15) is 5.11 Å². The van der Waals surface area contributed by atoms with Crippen molar-refractivity contribution in [2.24, 2.45) is 0 Å². The van der Waals surface area contributed by atoms with Crippen LogP contribution in [0.5, 0.6) is 0 Å². The van der Waals surface area contributed by atoms with Gasteiger partial charge in [-0.2, -0.15) is 23.5 Å². The Labute approximate surface area is 159 Å². The van der Waals surface area contributed by atoms with Crippen LogP contribution in [0, 0.1) is 0 Å². The first kappa shape index (κ1) is 17.9. The molecule has 3 saturated heterocycles. The second-order valence-corrected chi connectivity index (χ2v) is 9.40. The lowest BCUT2D eigenvalue weighted by Gasteiger charge is -2.39. The van der Waals surface area contributed by atoms with Gasteiger partial charge in [-0.1, -0.05) is 6.07 Å². The SMILES string of the molecule is O[C@H]1CN(C2CSCCSC2)C[C@@H]1N1CCN(c2ccccn2)CC1. The zero-order chi connectivity index (χ0) is 17.1. The Morgan fingerprint density at radius 1 is 0.960 bits per heavy atom. The van der Waals surface area contributed by atoms with Crippen LogP contribution >= 0.6 is 23.5 Å². The van der Waals surface area contributed by atoms with Gasteiger partial charge in [0.15, 0.2) is 0 Å². The van der Waals surface area contributed by atoms with Crippen molar-refractivity contribution in [3.8, 4) is 0 Å². The van der Waals surface area contributed by atoms with Crippen LogP contribution in [0.4, 0.5) is 5.82 Å². The maximum Gasteiger partial charge on any atom is 0.128 e. The minimum Gasteiger partial charge on any atom is -0.390 e. The van der Waals surface area contributed by atoms with Gasteiger partial charge in [0.25, 0.3) is 0 Å². The van der Waals surface area contributed by atoms with Crippen molar-refractivity contribution in [1.82, 2.24) is 14.8 Å². The number of hydrogen-bond donors (Lipinski definition) is 1. The number of nitrogens with zero attached hydrogens (tertiary/aromatic N) is 4. The van der Waals surface area contributed by atoms with Gasteiger partial charge in [-0.05, 0) is 12.1 Å². The normalized spacial score (nSPS) is 30.5. The third-order valence-corrected chi connectivity index (χ3v) is 8.04. The Morgan fingerprint density at radius 2 is 1.72 bits per heavy atom. The fraction of sp³-hybridized carbons (Fsp3) is 0.722. The molecule has 7 heteroatoms. The Morgan fingerprint density at radius 3 is 2.40 bits per heavy atom. The molecule has 0 aliphatic carbocycles. The van der Waals surface area contributed by atoms with Crippen LogP contribution in [-0.4, -0.2) is 100 Å². The van der Waals surface area contributed by atoms with Gasteiger partial charge < -0.3 is 10.0 Å². The van der Waals surface area contributed by atoms with Gasteiger partial charge in [0.1, 0.15) is 5.82 Å². The van der Waals surface area contributed by atoms with Gasteiger partial charge in [0.05, 0.1) is 6.10 Å². The highest BCUT2D eigenvalue weighted by Gasteiger charge is 2.39. The van der Waals surface area contributed by atoms with Gasteiger partial charge in [-0.15, -0.1) is 0 Å². The number of piperazine rings is 1. The number of pyridine rings is 1. The molecule has 0 radical (unpaired) electrons.